The number of rotatable bonds is 3. The van der Waals surface area contributed by atoms with Crippen LogP contribution in [0.15, 0.2) is 48.5 Å². The highest BCUT2D eigenvalue weighted by Crippen LogP contribution is 2.23. The van der Waals surface area contributed by atoms with E-state index in [1.807, 2.05) is 13.0 Å². The van der Waals surface area contributed by atoms with Crippen molar-refractivity contribution in [1.82, 2.24) is 0 Å². The highest BCUT2D eigenvalue weighted by Gasteiger charge is 2.18. The molecule has 2 aromatic carbocycles. The molecule has 0 aliphatic rings. The molecule has 0 saturated heterocycles. The van der Waals surface area contributed by atoms with Crippen molar-refractivity contribution in [3.05, 3.63) is 65.5 Å². The Hall–Kier alpha value is -1.87. The zero-order valence-corrected chi connectivity index (χ0v) is 11.1. The van der Waals surface area contributed by atoms with Crippen LogP contribution < -0.4 is 5.32 Å². The van der Waals surface area contributed by atoms with Crippen molar-refractivity contribution < 1.29 is 9.18 Å². The van der Waals surface area contributed by atoms with Gasteiger partial charge in [0.25, 0.3) is 0 Å². The average molecular weight is 278 g/mol. The lowest BCUT2D eigenvalue weighted by molar-refractivity contribution is -0.116. The second-order valence-electron chi connectivity index (χ2n) is 4.25. The first-order chi connectivity index (χ1) is 9.08. The normalized spacial score (nSPS) is 11.9. The van der Waals surface area contributed by atoms with Crippen molar-refractivity contribution in [1.29, 1.82) is 0 Å². The van der Waals surface area contributed by atoms with Gasteiger partial charge in [0.1, 0.15) is 11.2 Å². The summed E-state index contributed by atoms with van der Waals surface area (Å²) in [5.74, 6) is -0.923. The molecule has 1 amide bonds. The van der Waals surface area contributed by atoms with Gasteiger partial charge in [-0.25, -0.2) is 4.39 Å². The molecule has 0 bridgehead atoms. The number of carbonyl (C=O) groups is 1. The Morgan fingerprint density at radius 1 is 1.21 bits per heavy atom. The molecule has 0 aliphatic heterocycles. The Bertz CT molecular complexity index is 586. The molecule has 0 unspecified atom stereocenters. The number of benzene rings is 2. The molecule has 98 valence electrons. The molecular formula is C15H13ClFNO. The summed E-state index contributed by atoms with van der Waals surface area (Å²) < 4.78 is 13.5. The first-order valence-electron chi connectivity index (χ1n) is 5.84. The molecule has 4 heteroatoms. The monoisotopic (exact) mass is 277 g/mol. The number of halogens is 2. The van der Waals surface area contributed by atoms with E-state index in [0.29, 0.717) is 5.56 Å². The van der Waals surface area contributed by atoms with E-state index in [-0.39, 0.29) is 5.69 Å². The summed E-state index contributed by atoms with van der Waals surface area (Å²) in [4.78, 5) is 12.0. The molecule has 2 rings (SSSR count). The van der Waals surface area contributed by atoms with E-state index in [9.17, 15) is 9.18 Å². The summed E-state index contributed by atoms with van der Waals surface area (Å²) in [6.45, 7) is 1.82. The molecule has 0 aliphatic carbocycles. The topological polar surface area (TPSA) is 29.1 Å². The van der Waals surface area contributed by atoms with Gasteiger partial charge in [-0.1, -0.05) is 36.4 Å². The van der Waals surface area contributed by atoms with Crippen molar-refractivity contribution in [2.45, 2.75) is 12.3 Å². The van der Waals surface area contributed by atoms with Crippen LogP contribution >= 0.6 is 11.6 Å². The predicted molar refractivity (Wildman–Crippen MR) is 74.8 cm³/mol. The summed E-state index contributed by atoms with van der Waals surface area (Å²) in [5.41, 5.74) is 1.68. The Labute approximate surface area is 116 Å². The van der Waals surface area contributed by atoms with Crippen molar-refractivity contribution in [2.24, 2.45) is 0 Å². The number of alkyl halides is 1. The Kier molecular flexibility index (Phi) is 4.17. The molecule has 0 radical (unpaired) electrons. The fraction of sp³-hybridized carbons (Fsp3) is 0.133. The van der Waals surface area contributed by atoms with Crippen LogP contribution in [0.25, 0.3) is 0 Å². The molecule has 19 heavy (non-hydrogen) atoms. The molecule has 0 heterocycles. The molecule has 2 aromatic rings. The van der Waals surface area contributed by atoms with E-state index in [1.165, 1.54) is 6.07 Å². The minimum Gasteiger partial charge on any atom is -0.322 e. The van der Waals surface area contributed by atoms with Crippen LogP contribution in [0.5, 0.6) is 0 Å². The van der Waals surface area contributed by atoms with Crippen LogP contribution in [-0.4, -0.2) is 5.91 Å². The number of aryl methyl sites for hydroxylation is 1. The Morgan fingerprint density at radius 2 is 1.89 bits per heavy atom. The van der Waals surface area contributed by atoms with Gasteiger partial charge < -0.3 is 5.32 Å². The Morgan fingerprint density at radius 3 is 2.58 bits per heavy atom. The number of hydrogen-bond donors (Lipinski definition) is 1. The number of anilines is 1. The van der Waals surface area contributed by atoms with Gasteiger partial charge in [0.15, 0.2) is 0 Å². The smallest absolute Gasteiger partial charge is 0.247 e. The number of carbonyl (C=O) groups excluding carboxylic acids is 1. The summed E-state index contributed by atoms with van der Waals surface area (Å²) in [5, 5.41) is 1.66. The zero-order chi connectivity index (χ0) is 13.8. The molecule has 1 atom stereocenters. The summed E-state index contributed by atoms with van der Waals surface area (Å²) >= 11 is 6.06. The summed E-state index contributed by atoms with van der Waals surface area (Å²) in [6.07, 6.45) is 0. The zero-order valence-electron chi connectivity index (χ0n) is 10.4. The molecule has 1 N–H and O–H groups in total. The number of nitrogens with one attached hydrogen (secondary N) is 1. The fourth-order valence-corrected chi connectivity index (χ4v) is 1.90. The fourth-order valence-electron chi connectivity index (χ4n) is 1.70. The third-order valence-electron chi connectivity index (χ3n) is 2.70. The molecular weight excluding hydrogens is 265 g/mol. The van der Waals surface area contributed by atoms with Crippen molar-refractivity contribution in [3.8, 4) is 0 Å². The van der Waals surface area contributed by atoms with Gasteiger partial charge in [-0.05, 0) is 30.2 Å². The minimum atomic E-state index is -0.846. The van der Waals surface area contributed by atoms with E-state index in [2.05, 4.69) is 5.32 Å². The van der Waals surface area contributed by atoms with Gasteiger partial charge in [-0.15, -0.1) is 11.6 Å². The first kappa shape index (κ1) is 13.6. The van der Waals surface area contributed by atoms with E-state index in [0.717, 1.165) is 5.56 Å². The van der Waals surface area contributed by atoms with E-state index < -0.39 is 17.1 Å². The standard InChI is InChI=1S/C15H13ClFNO/c1-10-7-8-12(17)13(9-10)18-15(19)14(16)11-5-3-2-4-6-11/h2-9,14H,1H3,(H,18,19)/t14-/m0/s1. The highest BCUT2D eigenvalue weighted by molar-refractivity contribution is 6.32. The van der Waals surface area contributed by atoms with Crippen molar-refractivity contribution >= 4 is 23.2 Å². The van der Waals surface area contributed by atoms with E-state index >= 15 is 0 Å². The van der Waals surface area contributed by atoms with Crippen LogP contribution in [0.2, 0.25) is 0 Å². The van der Waals surface area contributed by atoms with Gasteiger partial charge in [-0.3, -0.25) is 4.79 Å². The van der Waals surface area contributed by atoms with E-state index in [1.54, 1.807) is 36.4 Å². The van der Waals surface area contributed by atoms with Crippen LogP contribution in [0.3, 0.4) is 0 Å². The van der Waals surface area contributed by atoms with Crippen LogP contribution in [0.1, 0.15) is 16.5 Å². The van der Waals surface area contributed by atoms with Gasteiger partial charge in [0.2, 0.25) is 5.91 Å². The van der Waals surface area contributed by atoms with Gasteiger partial charge in [-0.2, -0.15) is 0 Å². The van der Waals surface area contributed by atoms with Gasteiger partial charge in [0, 0.05) is 0 Å². The summed E-state index contributed by atoms with van der Waals surface area (Å²) in [6, 6.07) is 13.5. The maximum Gasteiger partial charge on any atom is 0.247 e. The second-order valence-corrected chi connectivity index (χ2v) is 4.68. The molecule has 0 fully saturated rings. The summed E-state index contributed by atoms with van der Waals surface area (Å²) in [7, 11) is 0. The van der Waals surface area contributed by atoms with Gasteiger partial charge in [0.05, 0.1) is 5.69 Å². The molecule has 2 nitrogen and oxygen atoms in total. The molecule has 0 spiro atoms. The maximum absolute atomic E-state index is 13.5. The SMILES string of the molecule is Cc1ccc(F)c(NC(=O)[C@@H](Cl)c2ccccc2)c1. The maximum atomic E-state index is 13.5. The second kappa shape index (κ2) is 5.85. The minimum absolute atomic E-state index is 0.145. The molecule has 0 saturated carbocycles. The largest absolute Gasteiger partial charge is 0.322 e. The van der Waals surface area contributed by atoms with E-state index in [4.69, 9.17) is 11.6 Å². The van der Waals surface area contributed by atoms with Gasteiger partial charge >= 0.3 is 0 Å². The third-order valence-corrected chi connectivity index (χ3v) is 3.15. The quantitative estimate of drug-likeness (QED) is 0.843. The van der Waals surface area contributed by atoms with Crippen LogP contribution in [0.4, 0.5) is 10.1 Å². The first-order valence-corrected chi connectivity index (χ1v) is 6.27. The lowest BCUT2D eigenvalue weighted by Crippen LogP contribution is -2.18. The van der Waals surface area contributed by atoms with Crippen LogP contribution in [0, 0.1) is 12.7 Å². The molecule has 0 aromatic heterocycles. The number of hydrogen-bond acceptors (Lipinski definition) is 1. The predicted octanol–water partition coefficient (Wildman–Crippen LogP) is 4.05. The number of amides is 1. The van der Waals surface area contributed by atoms with Crippen molar-refractivity contribution in [2.75, 3.05) is 5.32 Å². The average Bonchev–Trinajstić information content (AvgIpc) is 2.43. The van der Waals surface area contributed by atoms with Crippen molar-refractivity contribution in [3.63, 3.8) is 0 Å². The highest BCUT2D eigenvalue weighted by atomic mass is 35.5. The third kappa shape index (κ3) is 3.32. The lowest BCUT2D eigenvalue weighted by Gasteiger charge is -2.11. The Balaban J connectivity index is 2.15. The van der Waals surface area contributed by atoms with Crippen LogP contribution in [-0.2, 0) is 4.79 Å². The lowest BCUT2D eigenvalue weighted by atomic mass is 10.1.